The van der Waals surface area contributed by atoms with E-state index < -0.39 is 0 Å². The molecule has 0 fully saturated rings. The maximum absolute atomic E-state index is 4.93. The van der Waals surface area contributed by atoms with Crippen LogP contribution in [0.1, 0.15) is 12.6 Å². The molecule has 0 aliphatic rings. The van der Waals surface area contributed by atoms with Crippen molar-refractivity contribution in [1.29, 1.82) is 0 Å². The van der Waals surface area contributed by atoms with Crippen LogP contribution in [0.25, 0.3) is 0 Å². The average molecular weight is 223 g/mol. The highest BCUT2D eigenvalue weighted by molar-refractivity contribution is 14.1. The molecule has 0 aliphatic heterocycles. The maximum atomic E-state index is 4.93. The van der Waals surface area contributed by atoms with Gasteiger partial charge in [-0.25, -0.2) is 4.98 Å². The Labute approximate surface area is 61.4 Å². The summed E-state index contributed by atoms with van der Waals surface area (Å²) in [5.74, 6) is 0. The fourth-order valence-electron chi connectivity index (χ4n) is 0.445. The normalized spacial score (nSPS) is 9.75. The molecule has 2 nitrogen and oxygen atoms in total. The summed E-state index contributed by atoms with van der Waals surface area (Å²) in [6.45, 7) is 2.05. The van der Waals surface area contributed by atoms with Gasteiger partial charge in [-0.1, -0.05) is 6.92 Å². The fraction of sp³-hybridized carbons (Fsp3) is 0.400. The van der Waals surface area contributed by atoms with E-state index in [0.717, 1.165) is 16.0 Å². The van der Waals surface area contributed by atoms with Crippen LogP contribution in [0.3, 0.4) is 0 Å². The van der Waals surface area contributed by atoms with Gasteiger partial charge in [0.15, 0.2) is 0 Å². The van der Waals surface area contributed by atoms with Crippen molar-refractivity contribution in [3.05, 3.63) is 15.9 Å². The lowest BCUT2D eigenvalue weighted by Crippen LogP contribution is -1.76. The van der Waals surface area contributed by atoms with Crippen molar-refractivity contribution in [1.82, 2.24) is 4.98 Å². The zero-order valence-corrected chi connectivity index (χ0v) is 6.68. The summed E-state index contributed by atoms with van der Waals surface area (Å²) in [5.41, 5.74) is 1.02. The van der Waals surface area contributed by atoms with Crippen molar-refractivity contribution in [2.45, 2.75) is 13.3 Å². The molecule has 0 unspecified atom stereocenters. The van der Waals surface area contributed by atoms with Crippen LogP contribution in [0, 0.1) is 3.90 Å². The van der Waals surface area contributed by atoms with Crippen molar-refractivity contribution in [2.75, 3.05) is 0 Å². The second-order valence-corrected chi connectivity index (χ2v) is 2.37. The summed E-state index contributed by atoms with van der Waals surface area (Å²) in [6.07, 6.45) is 2.63. The van der Waals surface area contributed by atoms with Crippen molar-refractivity contribution < 1.29 is 4.42 Å². The first-order chi connectivity index (χ1) is 3.83. The molecule has 0 radical (unpaired) electrons. The second-order valence-electron chi connectivity index (χ2n) is 1.45. The lowest BCUT2D eigenvalue weighted by atomic mass is 10.4. The monoisotopic (exact) mass is 223 g/mol. The molecule has 0 spiro atoms. The maximum Gasteiger partial charge on any atom is 0.257 e. The molecule has 0 amide bonds. The Morgan fingerprint density at radius 3 is 2.88 bits per heavy atom. The Morgan fingerprint density at radius 1 is 1.88 bits per heavy atom. The topological polar surface area (TPSA) is 26.0 Å². The van der Waals surface area contributed by atoms with Crippen molar-refractivity contribution in [2.24, 2.45) is 0 Å². The molecule has 1 heterocycles. The lowest BCUT2D eigenvalue weighted by molar-refractivity contribution is 0.524. The summed E-state index contributed by atoms with van der Waals surface area (Å²) in [5, 5.41) is 0. The minimum atomic E-state index is 0.722. The second kappa shape index (κ2) is 2.48. The van der Waals surface area contributed by atoms with Crippen LogP contribution < -0.4 is 0 Å². The molecule has 1 rings (SSSR count). The number of rotatable bonds is 1. The highest BCUT2D eigenvalue weighted by Gasteiger charge is 1.94. The molecular weight excluding hydrogens is 217 g/mol. The van der Waals surface area contributed by atoms with Gasteiger partial charge < -0.3 is 4.42 Å². The molecular formula is C5H6INO. The van der Waals surface area contributed by atoms with Gasteiger partial charge in [0.2, 0.25) is 0 Å². The van der Waals surface area contributed by atoms with E-state index in [1.165, 1.54) is 0 Å². The standard InChI is InChI=1S/C5H6INO/c1-2-4-3-8-5(6)7-4/h3H,2H2,1H3. The molecule has 0 saturated heterocycles. The van der Waals surface area contributed by atoms with Crippen LogP contribution in [0.15, 0.2) is 10.7 Å². The van der Waals surface area contributed by atoms with Crippen LogP contribution in [0.5, 0.6) is 0 Å². The molecule has 8 heavy (non-hydrogen) atoms. The molecule has 0 bridgehead atoms. The minimum Gasteiger partial charge on any atom is -0.440 e. The Balaban J connectivity index is 2.84. The first-order valence-corrected chi connectivity index (χ1v) is 3.50. The molecule has 44 valence electrons. The predicted molar refractivity (Wildman–Crippen MR) is 38.6 cm³/mol. The molecule has 0 atom stereocenters. The van der Waals surface area contributed by atoms with Crippen LogP contribution in [0.4, 0.5) is 0 Å². The zero-order chi connectivity index (χ0) is 5.98. The van der Waals surface area contributed by atoms with E-state index in [0.29, 0.717) is 0 Å². The van der Waals surface area contributed by atoms with Crippen LogP contribution in [0.2, 0.25) is 0 Å². The van der Waals surface area contributed by atoms with E-state index in [9.17, 15) is 0 Å². The van der Waals surface area contributed by atoms with Gasteiger partial charge in [0.25, 0.3) is 3.90 Å². The summed E-state index contributed by atoms with van der Waals surface area (Å²) in [6, 6.07) is 0. The number of halogens is 1. The van der Waals surface area contributed by atoms with E-state index in [1.807, 2.05) is 29.5 Å². The van der Waals surface area contributed by atoms with Gasteiger partial charge in [-0.15, -0.1) is 0 Å². The third-order valence-corrected chi connectivity index (χ3v) is 1.38. The zero-order valence-electron chi connectivity index (χ0n) is 4.52. The summed E-state index contributed by atoms with van der Waals surface area (Å²) in [7, 11) is 0. The molecule has 0 aromatic carbocycles. The van der Waals surface area contributed by atoms with Crippen LogP contribution in [-0.2, 0) is 6.42 Å². The Morgan fingerprint density at radius 2 is 2.62 bits per heavy atom. The average Bonchev–Trinajstić information content (AvgIpc) is 2.14. The van der Waals surface area contributed by atoms with Crippen molar-refractivity contribution >= 4 is 22.6 Å². The highest BCUT2D eigenvalue weighted by Crippen LogP contribution is 2.03. The Hall–Kier alpha value is -0.0600. The first-order valence-electron chi connectivity index (χ1n) is 2.43. The lowest BCUT2D eigenvalue weighted by Gasteiger charge is -1.75. The SMILES string of the molecule is CCc1coc(I)n1. The highest BCUT2D eigenvalue weighted by atomic mass is 127. The van der Waals surface area contributed by atoms with Gasteiger partial charge in [-0.3, -0.25) is 0 Å². The van der Waals surface area contributed by atoms with E-state index in [4.69, 9.17) is 4.42 Å². The Kier molecular flexibility index (Phi) is 1.88. The molecule has 1 aromatic rings. The molecule has 0 aliphatic carbocycles. The Bertz CT molecular complexity index is 173. The molecule has 1 aromatic heterocycles. The van der Waals surface area contributed by atoms with Crippen LogP contribution >= 0.6 is 22.6 Å². The molecule has 0 N–H and O–H groups in total. The number of aryl methyl sites for hydroxylation is 1. The van der Waals surface area contributed by atoms with E-state index in [-0.39, 0.29) is 0 Å². The van der Waals surface area contributed by atoms with Gasteiger partial charge >= 0.3 is 0 Å². The fourth-order valence-corrected chi connectivity index (χ4v) is 0.882. The quantitative estimate of drug-likeness (QED) is 0.679. The third kappa shape index (κ3) is 1.21. The number of oxazole rings is 1. The van der Waals surface area contributed by atoms with Crippen molar-refractivity contribution in [3.8, 4) is 0 Å². The van der Waals surface area contributed by atoms with E-state index >= 15 is 0 Å². The smallest absolute Gasteiger partial charge is 0.257 e. The first kappa shape index (κ1) is 6.07. The molecule has 3 heteroatoms. The summed E-state index contributed by atoms with van der Waals surface area (Å²) >= 11 is 2.05. The number of aromatic nitrogens is 1. The summed E-state index contributed by atoms with van der Waals surface area (Å²) in [4.78, 5) is 4.05. The minimum absolute atomic E-state index is 0.722. The predicted octanol–water partition coefficient (Wildman–Crippen LogP) is 1.84. The van der Waals surface area contributed by atoms with Gasteiger partial charge in [-0.2, -0.15) is 0 Å². The van der Waals surface area contributed by atoms with Crippen LogP contribution in [-0.4, -0.2) is 4.98 Å². The van der Waals surface area contributed by atoms with Gasteiger partial charge in [0.1, 0.15) is 6.26 Å². The van der Waals surface area contributed by atoms with E-state index in [1.54, 1.807) is 6.26 Å². The van der Waals surface area contributed by atoms with Gasteiger partial charge in [0.05, 0.1) is 5.69 Å². The largest absolute Gasteiger partial charge is 0.440 e. The van der Waals surface area contributed by atoms with Crippen molar-refractivity contribution in [3.63, 3.8) is 0 Å². The summed E-state index contributed by atoms with van der Waals surface area (Å²) < 4.78 is 5.65. The van der Waals surface area contributed by atoms with Gasteiger partial charge in [-0.05, 0) is 6.42 Å². The van der Waals surface area contributed by atoms with Gasteiger partial charge in [0, 0.05) is 22.6 Å². The number of hydrogen-bond donors (Lipinski definition) is 0. The van der Waals surface area contributed by atoms with E-state index in [2.05, 4.69) is 4.98 Å². The third-order valence-electron chi connectivity index (χ3n) is 0.886. The number of hydrogen-bond acceptors (Lipinski definition) is 2. The number of nitrogens with zero attached hydrogens (tertiary/aromatic N) is 1. The molecule has 0 saturated carbocycles.